The van der Waals surface area contributed by atoms with Crippen molar-refractivity contribution >= 4 is 29.4 Å². The van der Waals surface area contributed by atoms with Gasteiger partial charge in [0.1, 0.15) is 6.54 Å². The smallest absolute Gasteiger partial charge is 0.416 e. The number of hydrogen-bond donors (Lipinski definition) is 1. The minimum absolute atomic E-state index is 0.102. The highest BCUT2D eigenvalue weighted by Crippen LogP contribution is 2.37. The molecule has 1 saturated carbocycles. The Kier molecular flexibility index (Phi) is 6.14. The number of ether oxygens (including phenoxy) is 1. The highest BCUT2D eigenvalue weighted by molar-refractivity contribution is 6.07. The van der Waals surface area contributed by atoms with Gasteiger partial charge in [-0.1, -0.05) is 12.8 Å². The van der Waals surface area contributed by atoms with Crippen molar-refractivity contribution in [1.82, 2.24) is 4.90 Å². The first-order chi connectivity index (χ1) is 14.1. The van der Waals surface area contributed by atoms with Gasteiger partial charge in [-0.05, 0) is 44.0 Å². The van der Waals surface area contributed by atoms with Crippen LogP contribution in [0.4, 0.5) is 18.9 Å². The van der Waals surface area contributed by atoms with Gasteiger partial charge in [-0.2, -0.15) is 13.2 Å². The molecule has 1 aliphatic heterocycles. The number of nitrogens with zero attached hydrogens (tertiary/aromatic N) is 1. The molecule has 3 amide bonds. The van der Waals surface area contributed by atoms with Crippen molar-refractivity contribution in [2.75, 3.05) is 11.9 Å². The zero-order chi connectivity index (χ0) is 22.1. The van der Waals surface area contributed by atoms with E-state index in [1.54, 1.807) is 0 Å². The fourth-order valence-electron chi connectivity index (χ4n) is 3.79. The molecule has 2 aliphatic rings. The first-order valence-corrected chi connectivity index (χ1v) is 9.60. The van der Waals surface area contributed by atoms with Crippen LogP contribution in [0.3, 0.4) is 0 Å². The second kappa shape index (κ2) is 8.45. The van der Waals surface area contributed by atoms with Crippen LogP contribution in [-0.4, -0.2) is 41.2 Å². The molecule has 30 heavy (non-hydrogen) atoms. The number of hydrogen-bond acceptors (Lipinski definition) is 5. The summed E-state index contributed by atoms with van der Waals surface area (Å²) in [5, 5.41) is 2.35. The van der Waals surface area contributed by atoms with Crippen molar-refractivity contribution < 1.29 is 37.1 Å². The number of fused-ring (bicyclic) bond motifs is 1. The van der Waals surface area contributed by atoms with Gasteiger partial charge in [-0.3, -0.25) is 24.1 Å². The highest BCUT2D eigenvalue weighted by atomic mass is 19.4. The number of alkyl halides is 3. The van der Waals surface area contributed by atoms with Gasteiger partial charge < -0.3 is 10.1 Å². The van der Waals surface area contributed by atoms with E-state index in [-0.39, 0.29) is 29.3 Å². The fourth-order valence-corrected chi connectivity index (χ4v) is 3.79. The topological polar surface area (TPSA) is 92.8 Å². The first kappa shape index (κ1) is 21.8. The van der Waals surface area contributed by atoms with E-state index in [4.69, 9.17) is 4.74 Å². The number of carbonyl (C=O) groups is 4. The van der Waals surface area contributed by atoms with Crippen LogP contribution in [0, 0.1) is 11.8 Å². The van der Waals surface area contributed by atoms with Gasteiger partial charge >= 0.3 is 12.1 Å². The summed E-state index contributed by atoms with van der Waals surface area (Å²) in [7, 11) is 0. The second-order valence-corrected chi connectivity index (χ2v) is 7.46. The van der Waals surface area contributed by atoms with E-state index in [1.165, 1.54) is 6.92 Å². The molecule has 1 aromatic rings. The van der Waals surface area contributed by atoms with Crippen LogP contribution in [0.25, 0.3) is 0 Å². The average Bonchev–Trinajstić information content (AvgIpc) is 2.93. The standard InChI is InChI=1S/C20H21F3N2O5/c1-11(17(27)24-13-8-6-12(7-9-13)20(21,22)23)30-16(26)10-25-18(28)14-4-2-3-5-15(14)19(25)29/h6-9,11,14-15H,2-5,10H2,1H3,(H,24,27). The molecule has 1 N–H and O–H groups in total. The molecule has 162 valence electrons. The third-order valence-electron chi connectivity index (χ3n) is 5.38. The number of anilines is 1. The normalized spacial score (nSPS) is 22.5. The van der Waals surface area contributed by atoms with E-state index < -0.39 is 36.3 Å². The highest BCUT2D eigenvalue weighted by Gasteiger charge is 2.48. The molecule has 1 aromatic carbocycles. The molecular formula is C20H21F3N2O5. The number of imide groups is 1. The van der Waals surface area contributed by atoms with E-state index in [0.29, 0.717) is 12.8 Å². The number of esters is 1. The van der Waals surface area contributed by atoms with Crippen LogP contribution in [-0.2, 0) is 30.1 Å². The van der Waals surface area contributed by atoms with Crippen molar-refractivity contribution in [2.45, 2.75) is 44.9 Å². The van der Waals surface area contributed by atoms with E-state index >= 15 is 0 Å². The summed E-state index contributed by atoms with van der Waals surface area (Å²) in [6.07, 6.45) is -2.80. The van der Waals surface area contributed by atoms with E-state index in [1.807, 2.05) is 0 Å². The van der Waals surface area contributed by atoms with Crippen molar-refractivity contribution in [3.8, 4) is 0 Å². The van der Waals surface area contributed by atoms with E-state index in [2.05, 4.69) is 5.32 Å². The van der Waals surface area contributed by atoms with Crippen LogP contribution in [0.5, 0.6) is 0 Å². The summed E-state index contributed by atoms with van der Waals surface area (Å²) in [5.41, 5.74) is -0.759. The Morgan fingerprint density at radius 2 is 1.63 bits per heavy atom. The lowest BCUT2D eigenvalue weighted by atomic mass is 9.81. The maximum Gasteiger partial charge on any atom is 0.416 e. The van der Waals surface area contributed by atoms with Crippen LogP contribution in [0.1, 0.15) is 38.2 Å². The molecule has 1 saturated heterocycles. The summed E-state index contributed by atoms with van der Waals surface area (Å²) < 4.78 is 42.7. The predicted molar refractivity (Wildman–Crippen MR) is 97.8 cm³/mol. The second-order valence-electron chi connectivity index (χ2n) is 7.46. The van der Waals surface area contributed by atoms with Gasteiger partial charge in [0.15, 0.2) is 6.10 Å². The van der Waals surface area contributed by atoms with Gasteiger partial charge in [-0.25, -0.2) is 0 Å². The van der Waals surface area contributed by atoms with Gasteiger partial charge in [0, 0.05) is 5.69 Å². The summed E-state index contributed by atoms with van der Waals surface area (Å²) in [6.45, 7) is 0.716. The van der Waals surface area contributed by atoms with Crippen molar-refractivity contribution in [1.29, 1.82) is 0 Å². The summed E-state index contributed by atoms with van der Waals surface area (Å²) in [6, 6.07) is 3.80. The molecule has 1 aliphatic carbocycles. The third kappa shape index (κ3) is 4.63. The Hall–Kier alpha value is -2.91. The van der Waals surface area contributed by atoms with Gasteiger partial charge in [0.2, 0.25) is 11.8 Å². The van der Waals surface area contributed by atoms with Crippen LogP contribution in [0.2, 0.25) is 0 Å². The summed E-state index contributed by atoms with van der Waals surface area (Å²) in [4.78, 5) is 49.9. The number of amides is 3. The number of benzene rings is 1. The zero-order valence-corrected chi connectivity index (χ0v) is 16.2. The Labute approximate surface area is 170 Å². The molecule has 3 unspecified atom stereocenters. The van der Waals surface area contributed by atoms with Crippen molar-refractivity contribution in [3.05, 3.63) is 29.8 Å². The quantitative estimate of drug-likeness (QED) is 0.577. The van der Waals surface area contributed by atoms with Crippen LogP contribution in [0.15, 0.2) is 24.3 Å². The average molecular weight is 426 g/mol. The SMILES string of the molecule is CC(OC(=O)CN1C(=O)C2CCCCC2C1=O)C(=O)Nc1ccc(C(F)(F)F)cc1. The number of nitrogens with one attached hydrogen (secondary N) is 1. The summed E-state index contributed by atoms with van der Waals surface area (Å²) >= 11 is 0. The molecule has 3 rings (SSSR count). The summed E-state index contributed by atoms with van der Waals surface area (Å²) in [5.74, 6) is -3.22. The lowest BCUT2D eigenvalue weighted by Crippen LogP contribution is -2.39. The molecule has 1 heterocycles. The minimum Gasteiger partial charge on any atom is -0.451 e. The molecule has 3 atom stereocenters. The van der Waals surface area contributed by atoms with Crippen molar-refractivity contribution in [2.24, 2.45) is 11.8 Å². The molecule has 0 radical (unpaired) electrons. The van der Waals surface area contributed by atoms with Gasteiger partial charge in [-0.15, -0.1) is 0 Å². The molecule has 10 heteroatoms. The Morgan fingerprint density at radius 1 is 1.10 bits per heavy atom. The predicted octanol–water partition coefficient (Wildman–Crippen LogP) is 2.75. The first-order valence-electron chi connectivity index (χ1n) is 9.60. The lowest BCUT2D eigenvalue weighted by Gasteiger charge is -2.19. The fraction of sp³-hybridized carbons (Fsp3) is 0.500. The number of rotatable bonds is 5. The third-order valence-corrected chi connectivity index (χ3v) is 5.38. The number of halogens is 3. The lowest BCUT2D eigenvalue weighted by molar-refractivity contribution is -0.158. The Bertz CT molecular complexity index is 829. The molecule has 0 bridgehead atoms. The number of likely N-dealkylation sites (tertiary alicyclic amines) is 1. The number of carbonyl (C=O) groups excluding carboxylic acids is 4. The Balaban J connectivity index is 1.53. The van der Waals surface area contributed by atoms with Gasteiger partial charge in [0.05, 0.1) is 17.4 Å². The molecular weight excluding hydrogens is 405 g/mol. The Morgan fingerprint density at radius 3 is 2.13 bits per heavy atom. The van der Waals surface area contributed by atoms with Crippen molar-refractivity contribution in [3.63, 3.8) is 0 Å². The molecule has 7 nitrogen and oxygen atoms in total. The maximum absolute atomic E-state index is 12.6. The monoisotopic (exact) mass is 426 g/mol. The maximum atomic E-state index is 12.6. The van der Waals surface area contributed by atoms with Crippen LogP contribution < -0.4 is 5.32 Å². The van der Waals surface area contributed by atoms with E-state index in [9.17, 15) is 32.3 Å². The molecule has 0 spiro atoms. The van der Waals surface area contributed by atoms with Crippen LogP contribution >= 0.6 is 0 Å². The zero-order valence-electron chi connectivity index (χ0n) is 16.2. The molecule has 0 aromatic heterocycles. The van der Waals surface area contributed by atoms with E-state index in [0.717, 1.165) is 42.0 Å². The van der Waals surface area contributed by atoms with Gasteiger partial charge in [0.25, 0.3) is 5.91 Å². The molecule has 2 fully saturated rings. The minimum atomic E-state index is -4.49. The largest absolute Gasteiger partial charge is 0.451 e.